The minimum Gasteiger partial charge on any atom is -0.355 e. The highest BCUT2D eigenvalue weighted by molar-refractivity contribution is 5.91. The van der Waals surface area contributed by atoms with E-state index < -0.39 is 0 Å². The zero-order valence-corrected chi connectivity index (χ0v) is 10.5. The van der Waals surface area contributed by atoms with Gasteiger partial charge >= 0.3 is 0 Å². The van der Waals surface area contributed by atoms with E-state index in [1.807, 2.05) is 11.9 Å². The molecule has 6 nitrogen and oxygen atoms in total. The van der Waals surface area contributed by atoms with Crippen LogP contribution in [0.25, 0.3) is 0 Å². The smallest absolute Gasteiger partial charge is 0.271 e. The summed E-state index contributed by atoms with van der Waals surface area (Å²) < 4.78 is 0. The summed E-state index contributed by atoms with van der Waals surface area (Å²) in [6.07, 6.45) is 0.884. The van der Waals surface area contributed by atoms with Crippen LogP contribution in [-0.2, 0) is 0 Å². The Hall–Kier alpha value is -1.69. The quantitative estimate of drug-likeness (QED) is 0.753. The number of anilines is 1. The second-order valence-corrected chi connectivity index (χ2v) is 3.89. The predicted molar refractivity (Wildman–Crippen MR) is 67.0 cm³/mol. The Morgan fingerprint density at radius 2 is 2.24 bits per heavy atom. The maximum Gasteiger partial charge on any atom is 0.271 e. The molecule has 0 bridgehead atoms. The number of carbonyl (C=O) groups excluding carboxylic acids is 1. The van der Waals surface area contributed by atoms with Crippen molar-refractivity contribution >= 4 is 11.7 Å². The van der Waals surface area contributed by atoms with Crippen LogP contribution in [0.3, 0.4) is 0 Å². The Morgan fingerprint density at radius 1 is 1.53 bits per heavy atom. The molecule has 17 heavy (non-hydrogen) atoms. The lowest BCUT2D eigenvalue weighted by atomic mass is 10.2. The van der Waals surface area contributed by atoms with E-state index in [1.54, 1.807) is 19.2 Å². The number of rotatable bonds is 5. The van der Waals surface area contributed by atoms with E-state index in [2.05, 4.69) is 22.4 Å². The number of carbonyl (C=O) groups is 1. The fourth-order valence-corrected chi connectivity index (χ4v) is 1.42. The van der Waals surface area contributed by atoms with E-state index in [9.17, 15) is 4.79 Å². The van der Waals surface area contributed by atoms with Gasteiger partial charge in [-0.2, -0.15) is 0 Å². The molecule has 0 radical (unpaired) electrons. The highest BCUT2D eigenvalue weighted by Gasteiger charge is 2.12. The molecule has 0 saturated heterocycles. The first kappa shape index (κ1) is 13.4. The lowest BCUT2D eigenvalue weighted by Crippen LogP contribution is -2.32. The standard InChI is InChI=1S/C11H19N5O/c1-8(6-7-12)16(3)10-5-4-9(14-15-10)11(17)13-2/h4-5,8H,6-7,12H2,1-3H3,(H,13,17). The molecule has 0 aliphatic rings. The van der Waals surface area contributed by atoms with Gasteiger partial charge in [-0.15, -0.1) is 10.2 Å². The van der Waals surface area contributed by atoms with Crippen LogP contribution >= 0.6 is 0 Å². The summed E-state index contributed by atoms with van der Waals surface area (Å²) >= 11 is 0. The molecule has 1 heterocycles. The van der Waals surface area contributed by atoms with Gasteiger partial charge in [0, 0.05) is 20.1 Å². The third kappa shape index (κ3) is 3.39. The molecule has 1 aromatic rings. The topological polar surface area (TPSA) is 84.1 Å². The molecular weight excluding hydrogens is 218 g/mol. The van der Waals surface area contributed by atoms with Gasteiger partial charge in [0.1, 0.15) is 0 Å². The molecule has 1 amide bonds. The van der Waals surface area contributed by atoms with Gasteiger partial charge in [0.05, 0.1) is 0 Å². The highest BCUT2D eigenvalue weighted by Crippen LogP contribution is 2.12. The van der Waals surface area contributed by atoms with Crippen LogP contribution in [0.5, 0.6) is 0 Å². The van der Waals surface area contributed by atoms with Crippen LogP contribution in [-0.4, -0.2) is 42.8 Å². The summed E-state index contributed by atoms with van der Waals surface area (Å²) in [6, 6.07) is 3.73. The van der Waals surface area contributed by atoms with Gasteiger partial charge < -0.3 is 16.0 Å². The summed E-state index contributed by atoms with van der Waals surface area (Å²) in [5.74, 6) is 0.500. The van der Waals surface area contributed by atoms with Crippen molar-refractivity contribution in [2.75, 3.05) is 25.5 Å². The first-order valence-electron chi connectivity index (χ1n) is 5.58. The maximum absolute atomic E-state index is 11.3. The van der Waals surface area contributed by atoms with Crippen LogP contribution in [0.15, 0.2) is 12.1 Å². The number of nitrogens with zero attached hydrogens (tertiary/aromatic N) is 3. The van der Waals surface area contributed by atoms with Crippen LogP contribution in [0.4, 0.5) is 5.82 Å². The first-order chi connectivity index (χ1) is 8.10. The summed E-state index contributed by atoms with van der Waals surface area (Å²) in [6.45, 7) is 2.70. The summed E-state index contributed by atoms with van der Waals surface area (Å²) in [4.78, 5) is 13.3. The van der Waals surface area contributed by atoms with Crippen LogP contribution < -0.4 is 16.0 Å². The van der Waals surface area contributed by atoms with E-state index >= 15 is 0 Å². The molecule has 0 aliphatic heterocycles. The zero-order valence-electron chi connectivity index (χ0n) is 10.5. The Kier molecular flexibility index (Phi) is 4.84. The number of nitrogens with two attached hydrogens (primary N) is 1. The highest BCUT2D eigenvalue weighted by atomic mass is 16.1. The number of aromatic nitrogens is 2. The molecule has 0 saturated carbocycles. The molecule has 0 fully saturated rings. The number of hydrogen-bond donors (Lipinski definition) is 2. The van der Waals surface area contributed by atoms with Crippen LogP contribution in [0, 0.1) is 0 Å². The molecule has 1 rings (SSSR count). The molecule has 1 unspecified atom stereocenters. The SMILES string of the molecule is CNC(=O)c1ccc(N(C)C(C)CCN)nn1. The van der Waals surface area contributed by atoms with Gasteiger partial charge in [-0.25, -0.2) is 0 Å². The second kappa shape index (κ2) is 6.15. The van der Waals surface area contributed by atoms with Gasteiger partial charge in [-0.05, 0) is 32.0 Å². The molecular formula is C11H19N5O. The number of hydrogen-bond acceptors (Lipinski definition) is 5. The van der Waals surface area contributed by atoms with Gasteiger partial charge in [-0.3, -0.25) is 4.79 Å². The molecule has 94 valence electrons. The van der Waals surface area contributed by atoms with E-state index in [4.69, 9.17) is 5.73 Å². The molecule has 0 aliphatic carbocycles. The minimum atomic E-state index is -0.235. The van der Waals surface area contributed by atoms with Gasteiger partial charge in [-0.1, -0.05) is 0 Å². The molecule has 0 spiro atoms. The second-order valence-electron chi connectivity index (χ2n) is 3.89. The Morgan fingerprint density at radius 3 is 2.71 bits per heavy atom. The summed E-state index contributed by atoms with van der Waals surface area (Å²) in [5, 5.41) is 10.4. The molecule has 3 N–H and O–H groups in total. The van der Waals surface area contributed by atoms with Crippen molar-refractivity contribution in [1.29, 1.82) is 0 Å². The van der Waals surface area contributed by atoms with Crippen molar-refractivity contribution in [1.82, 2.24) is 15.5 Å². The van der Waals surface area contributed by atoms with Crippen molar-refractivity contribution in [3.63, 3.8) is 0 Å². The zero-order chi connectivity index (χ0) is 12.8. The Bertz CT molecular complexity index is 365. The van der Waals surface area contributed by atoms with E-state index in [-0.39, 0.29) is 5.91 Å². The van der Waals surface area contributed by atoms with Gasteiger partial charge in [0.25, 0.3) is 5.91 Å². The molecule has 1 atom stereocenters. The van der Waals surface area contributed by atoms with E-state index in [0.29, 0.717) is 18.3 Å². The van der Waals surface area contributed by atoms with Crippen molar-refractivity contribution in [3.8, 4) is 0 Å². The lowest BCUT2D eigenvalue weighted by molar-refractivity contribution is 0.0957. The van der Waals surface area contributed by atoms with Gasteiger partial charge in [0.15, 0.2) is 11.5 Å². The average molecular weight is 237 g/mol. The summed E-state index contributed by atoms with van der Waals surface area (Å²) in [7, 11) is 3.50. The molecule has 6 heteroatoms. The summed E-state index contributed by atoms with van der Waals surface area (Å²) in [5.41, 5.74) is 5.83. The monoisotopic (exact) mass is 237 g/mol. The minimum absolute atomic E-state index is 0.235. The predicted octanol–water partition coefficient (Wildman–Crippen LogP) is 0.00970. The van der Waals surface area contributed by atoms with Gasteiger partial charge in [0.2, 0.25) is 0 Å². The third-order valence-electron chi connectivity index (χ3n) is 2.72. The van der Waals surface area contributed by atoms with Crippen molar-refractivity contribution in [3.05, 3.63) is 17.8 Å². The first-order valence-corrected chi connectivity index (χ1v) is 5.58. The largest absolute Gasteiger partial charge is 0.355 e. The van der Waals surface area contributed by atoms with Crippen LogP contribution in [0.1, 0.15) is 23.8 Å². The van der Waals surface area contributed by atoms with E-state index in [1.165, 1.54) is 0 Å². The normalized spacial score (nSPS) is 12.0. The molecule has 1 aromatic heterocycles. The van der Waals surface area contributed by atoms with E-state index in [0.717, 1.165) is 12.2 Å². The Labute approximate surface area is 101 Å². The van der Waals surface area contributed by atoms with Crippen molar-refractivity contribution < 1.29 is 4.79 Å². The lowest BCUT2D eigenvalue weighted by Gasteiger charge is -2.24. The molecule has 0 aromatic carbocycles. The fraction of sp³-hybridized carbons (Fsp3) is 0.545. The van der Waals surface area contributed by atoms with Crippen molar-refractivity contribution in [2.24, 2.45) is 5.73 Å². The van der Waals surface area contributed by atoms with Crippen LogP contribution in [0.2, 0.25) is 0 Å². The average Bonchev–Trinajstić information content (AvgIpc) is 2.37. The van der Waals surface area contributed by atoms with Crippen molar-refractivity contribution in [2.45, 2.75) is 19.4 Å². The Balaban J connectivity index is 2.76. The fourth-order valence-electron chi connectivity index (χ4n) is 1.42. The maximum atomic E-state index is 11.3. The number of nitrogens with one attached hydrogen (secondary N) is 1. The third-order valence-corrected chi connectivity index (χ3v) is 2.72. The number of amides is 1.